The highest BCUT2D eigenvalue weighted by atomic mass is 14.5. The van der Waals surface area contributed by atoms with Gasteiger partial charge in [-0.05, 0) is 73.0 Å². The molecule has 114 valence electrons. The normalized spacial score (nSPS) is 49.6. The molecule has 0 aromatic carbocycles. The maximum absolute atomic E-state index is 4.61. The smallest absolute Gasteiger partial charge is 0.0144 e. The molecule has 0 nitrogen and oxygen atoms in total. The predicted molar refractivity (Wildman–Crippen MR) is 87.5 cm³/mol. The highest BCUT2D eigenvalue weighted by Crippen LogP contribution is 2.54. The first-order valence-corrected chi connectivity index (χ1v) is 9.16. The van der Waals surface area contributed by atoms with E-state index in [1.807, 2.05) is 0 Å². The van der Waals surface area contributed by atoms with E-state index in [2.05, 4.69) is 34.3 Å². The first kappa shape index (κ1) is 14.7. The van der Waals surface area contributed by atoms with Crippen LogP contribution in [0.1, 0.15) is 66.2 Å². The molecular weight excluding hydrogens is 240 g/mol. The SMILES string of the molecule is C=C1C(CC2CC2)CC(C)C1C1C(C)CC(C)CC1C. The van der Waals surface area contributed by atoms with Crippen LogP contribution in [-0.2, 0) is 0 Å². The maximum atomic E-state index is 4.61. The highest BCUT2D eigenvalue weighted by molar-refractivity contribution is 5.17. The average molecular weight is 274 g/mol. The van der Waals surface area contributed by atoms with Crippen LogP contribution in [0.3, 0.4) is 0 Å². The third-order valence-electron chi connectivity index (χ3n) is 6.81. The van der Waals surface area contributed by atoms with Gasteiger partial charge in [-0.2, -0.15) is 0 Å². The molecule has 5 atom stereocenters. The van der Waals surface area contributed by atoms with Crippen LogP contribution in [0.25, 0.3) is 0 Å². The second-order valence-corrected chi connectivity index (χ2v) is 8.80. The molecule has 3 aliphatic rings. The zero-order valence-corrected chi connectivity index (χ0v) is 14.1. The third-order valence-corrected chi connectivity index (χ3v) is 6.81. The van der Waals surface area contributed by atoms with Crippen LogP contribution in [0.4, 0.5) is 0 Å². The summed E-state index contributed by atoms with van der Waals surface area (Å²) in [4.78, 5) is 0. The summed E-state index contributed by atoms with van der Waals surface area (Å²) >= 11 is 0. The molecule has 3 aliphatic carbocycles. The number of allylic oxidation sites excluding steroid dienone is 1. The molecule has 20 heavy (non-hydrogen) atoms. The Hall–Kier alpha value is -0.260. The Morgan fingerprint density at radius 3 is 2.05 bits per heavy atom. The van der Waals surface area contributed by atoms with Crippen molar-refractivity contribution < 1.29 is 0 Å². The highest BCUT2D eigenvalue weighted by Gasteiger charge is 2.45. The first-order valence-electron chi connectivity index (χ1n) is 9.16. The predicted octanol–water partition coefficient (Wildman–Crippen LogP) is 5.93. The summed E-state index contributed by atoms with van der Waals surface area (Å²) in [6.45, 7) is 14.6. The molecule has 0 saturated heterocycles. The van der Waals surface area contributed by atoms with E-state index in [0.29, 0.717) is 0 Å². The molecule has 5 unspecified atom stereocenters. The van der Waals surface area contributed by atoms with Gasteiger partial charge in [0.2, 0.25) is 0 Å². The second kappa shape index (κ2) is 5.50. The fraction of sp³-hybridized carbons (Fsp3) is 0.900. The summed E-state index contributed by atoms with van der Waals surface area (Å²) in [5, 5.41) is 0. The van der Waals surface area contributed by atoms with Gasteiger partial charge in [0.1, 0.15) is 0 Å². The Morgan fingerprint density at radius 1 is 0.900 bits per heavy atom. The molecule has 0 amide bonds. The maximum Gasteiger partial charge on any atom is -0.0144 e. The van der Waals surface area contributed by atoms with Crippen molar-refractivity contribution in [3.05, 3.63) is 12.2 Å². The van der Waals surface area contributed by atoms with Crippen molar-refractivity contribution in [1.82, 2.24) is 0 Å². The zero-order chi connectivity index (χ0) is 14.4. The van der Waals surface area contributed by atoms with E-state index < -0.39 is 0 Å². The van der Waals surface area contributed by atoms with Crippen molar-refractivity contribution in [3.8, 4) is 0 Å². The molecule has 0 aromatic rings. The van der Waals surface area contributed by atoms with E-state index in [1.54, 1.807) is 5.57 Å². The Morgan fingerprint density at radius 2 is 1.50 bits per heavy atom. The van der Waals surface area contributed by atoms with E-state index >= 15 is 0 Å². The van der Waals surface area contributed by atoms with Gasteiger partial charge in [-0.15, -0.1) is 0 Å². The summed E-state index contributed by atoms with van der Waals surface area (Å²) in [5.41, 5.74) is 1.66. The van der Waals surface area contributed by atoms with Gasteiger partial charge < -0.3 is 0 Å². The van der Waals surface area contributed by atoms with Gasteiger partial charge in [-0.1, -0.05) is 52.7 Å². The summed E-state index contributed by atoms with van der Waals surface area (Å²) < 4.78 is 0. The van der Waals surface area contributed by atoms with Crippen molar-refractivity contribution in [2.24, 2.45) is 47.3 Å². The minimum absolute atomic E-state index is 0.830. The van der Waals surface area contributed by atoms with Crippen molar-refractivity contribution in [1.29, 1.82) is 0 Å². The molecule has 0 spiro atoms. The summed E-state index contributed by atoms with van der Waals surface area (Å²) in [6.07, 6.45) is 8.78. The first-order chi connectivity index (χ1) is 9.47. The van der Waals surface area contributed by atoms with Crippen LogP contribution in [0.15, 0.2) is 12.2 Å². The monoisotopic (exact) mass is 274 g/mol. The lowest BCUT2D eigenvalue weighted by molar-refractivity contribution is 0.0811. The van der Waals surface area contributed by atoms with Crippen LogP contribution in [0.2, 0.25) is 0 Å². The Balaban J connectivity index is 1.72. The molecule has 0 N–H and O–H groups in total. The number of hydrogen-bond donors (Lipinski definition) is 0. The van der Waals surface area contributed by atoms with E-state index in [9.17, 15) is 0 Å². The van der Waals surface area contributed by atoms with E-state index in [1.165, 1.54) is 38.5 Å². The standard InChI is InChI=1S/C20H34/c1-12-8-13(2)19(14(3)9-12)20-15(4)10-18(16(20)5)11-17-6-7-17/h12-15,17-20H,5-11H2,1-4H3. The second-order valence-electron chi connectivity index (χ2n) is 8.80. The molecule has 0 aliphatic heterocycles. The number of hydrogen-bond acceptors (Lipinski definition) is 0. The number of rotatable bonds is 3. The largest absolute Gasteiger partial charge is 0.0993 e. The molecule has 0 heterocycles. The Bertz CT molecular complexity index is 352. The van der Waals surface area contributed by atoms with Crippen LogP contribution >= 0.6 is 0 Å². The van der Waals surface area contributed by atoms with Gasteiger partial charge >= 0.3 is 0 Å². The fourth-order valence-electron chi connectivity index (χ4n) is 5.96. The van der Waals surface area contributed by atoms with Gasteiger partial charge in [0.05, 0.1) is 0 Å². The lowest BCUT2D eigenvalue weighted by Gasteiger charge is -2.43. The van der Waals surface area contributed by atoms with Gasteiger partial charge in [-0.25, -0.2) is 0 Å². The average Bonchev–Trinajstić information content (AvgIpc) is 3.11. The van der Waals surface area contributed by atoms with Crippen LogP contribution in [0.5, 0.6) is 0 Å². The van der Waals surface area contributed by atoms with E-state index in [-0.39, 0.29) is 0 Å². The van der Waals surface area contributed by atoms with Crippen LogP contribution in [0, 0.1) is 47.3 Å². The minimum Gasteiger partial charge on any atom is -0.0993 e. The van der Waals surface area contributed by atoms with Crippen molar-refractivity contribution in [3.63, 3.8) is 0 Å². The molecule has 3 fully saturated rings. The zero-order valence-electron chi connectivity index (χ0n) is 14.1. The Kier molecular flexibility index (Phi) is 4.04. The van der Waals surface area contributed by atoms with Crippen molar-refractivity contribution in [2.45, 2.75) is 66.2 Å². The summed E-state index contributed by atoms with van der Waals surface area (Å²) in [6, 6.07) is 0. The van der Waals surface area contributed by atoms with Gasteiger partial charge in [0.15, 0.2) is 0 Å². The quantitative estimate of drug-likeness (QED) is 0.559. The van der Waals surface area contributed by atoms with Gasteiger partial charge in [-0.3, -0.25) is 0 Å². The van der Waals surface area contributed by atoms with Gasteiger partial charge in [0.25, 0.3) is 0 Å². The third kappa shape index (κ3) is 2.72. The minimum atomic E-state index is 0.830. The van der Waals surface area contributed by atoms with E-state index in [4.69, 9.17) is 0 Å². The van der Waals surface area contributed by atoms with Crippen molar-refractivity contribution >= 4 is 0 Å². The van der Waals surface area contributed by atoms with Gasteiger partial charge in [0, 0.05) is 0 Å². The topological polar surface area (TPSA) is 0 Å². The molecule has 0 heteroatoms. The van der Waals surface area contributed by atoms with E-state index in [0.717, 1.165) is 47.3 Å². The molecule has 3 saturated carbocycles. The molecule has 3 rings (SSSR count). The molecule has 0 radical (unpaired) electrons. The van der Waals surface area contributed by atoms with Crippen LogP contribution < -0.4 is 0 Å². The lowest BCUT2D eigenvalue weighted by atomic mass is 9.62. The summed E-state index contributed by atoms with van der Waals surface area (Å²) in [5.74, 6) is 7.28. The Labute approximate surface area is 126 Å². The fourth-order valence-corrected chi connectivity index (χ4v) is 5.96. The molecule has 0 bridgehead atoms. The van der Waals surface area contributed by atoms with Crippen LogP contribution in [-0.4, -0.2) is 0 Å². The lowest BCUT2D eigenvalue weighted by Crippen LogP contribution is -2.36. The van der Waals surface area contributed by atoms with Crippen molar-refractivity contribution in [2.75, 3.05) is 0 Å². The summed E-state index contributed by atoms with van der Waals surface area (Å²) in [7, 11) is 0. The molecule has 0 aromatic heterocycles. The molecular formula is C20H34.